The van der Waals surface area contributed by atoms with Gasteiger partial charge in [0.05, 0.1) is 30.1 Å². The number of benzene rings is 3. The molecule has 3 heterocycles. The minimum Gasteiger partial charge on any atom is -0.508 e. The lowest BCUT2D eigenvalue weighted by atomic mass is 10.0. The Morgan fingerprint density at radius 3 is 2.29 bits per heavy atom. The Labute approximate surface area is 258 Å². The highest BCUT2D eigenvalue weighted by molar-refractivity contribution is 6.45. The van der Waals surface area contributed by atoms with Gasteiger partial charge in [-0.2, -0.15) is 0 Å². The third-order valence-corrected chi connectivity index (χ3v) is 7.81. The number of ether oxygens (including phenoxy) is 1. The molecule has 2 aromatic heterocycles. The molecule has 0 radical (unpaired) electrons. The number of amides is 3. The number of phenols is 1. The Kier molecular flexibility index (Phi) is 8.06. The Hall–Kier alpha value is -5.84. The van der Waals surface area contributed by atoms with Crippen molar-refractivity contribution in [1.82, 2.24) is 20.1 Å². The predicted octanol–water partition coefficient (Wildman–Crippen LogP) is 4.24. The quantitative estimate of drug-likeness (QED) is 0.177. The first kappa shape index (κ1) is 29.2. The highest BCUT2D eigenvalue weighted by atomic mass is 16.5. The van der Waals surface area contributed by atoms with Gasteiger partial charge in [-0.1, -0.05) is 18.2 Å². The Morgan fingerprint density at radius 1 is 0.867 bits per heavy atom. The van der Waals surface area contributed by atoms with Crippen LogP contribution in [0.2, 0.25) is 0 Å². The lowest BCUT2D eigenvalue weighted by Crippen LogP contribution is -2.52. The topological polar surface area (TPSA) is 145 Å². The van der Waals surface area contributed by atoms with Gasteiger partial charge >= 0.3 is 0 Å². The zero-order valence-corrected chi connectivity index (χ0v) is 24.4. The van der Waals surface area contributed by atoms with E-state index in [1.165, 1.54) is 42.5 Å². The van der Waals surface area contributed by atoms with Crippen LogP contribution in [-0.4, -0.2) is 76.7 Å². The zero-order chi connectivity index (χ0) is 31.5. The number of phenolic OH excluding ortho intramolecular Hbond substituents is 1. The van der Waals surface area contributed by atoms with Crippen LogP contribution in [0.3, 0.4) is 0 Å². The average Bonchev–Trinajstić information content (AvgIpc) is 3.75. The van der Waals surface area contributed by atoms with E-state index in [4.69, 9.17) is 9.15 Å². The van der Waals surface area contributed by atoms with E-state index in [0.29, 0.717) is 58.0 Å². The van der Waals surface area contributed by atoms with Crippen LogP contribution in [0.4, 0.5) is 0 Å². The third kappa shape index (κ3) is 5.87. The van der Waals surface area contributed by atoms with E-state index in [-0.39, 0.29) is 42.8 Å². The maximum atomic E-state index is 13.5. The summed E-state index contributed by atoms with van der Waals surface area (Å²) in [5.41, 5.74) is 2.35. The molecule has 1 aliphatic rings. The second kappa shape index (κ2) is 12.4. The van der Waals surface area contributed by atoms with Crippen molar-refractivity contribution in [2.24, 2.45) is 0 Å². The van der Waals surface area contributed by atoms with Crippen LogP contribution in [-0.2, 0) is 11.3 Å². The van der Waals surface area contributed by atoms with Crippen molar-refractivity contribution in [1.29, 1.82) is 0 Å². The number of furan rings is 1. The monoisotopic (exact) mass is 606 g/mol. The SMILES string of the molecule is COc1ccc(-c2ccc(CNC(=O)c3ccc(O)cc3)o2)c2[nH]cc(C(=O)C(=O)N3CCN(C(=O)c4ccccc4)CC3)c12. The van der Waals surface area contributed by atoms with Gasteiger partial charge in [-0.25, -0.2) is 0 Å². The van der Waals surface area contributed by atoms with Gasteiger partial charge in [0.2, 0.25) is 0 Å². The molecule has 3 aromatic carbocycles. The first-order valence-electron chi connectivity index (χ1n) is 14.4. The van der Waals surface area contributed by atoms with E-state index in [2.05, 4.69) is 10.3 Å². The number of hydrogen-bond acceptors (Lipinski definition) is 7. The van der Waals surface area contributed by atoms with Gasteiger partial charge in [0.1, 0.15) is 23.0 Å². The van der Waals surface area contributed by atoms with Crippen LogP contribution < -0.4 is 10.1 Å². The highest BCUT2D eigenvalue weighted by Crippen LogP contribution is 2.37. The molecule has 0 unspecified atom stereocenters. The van der Waals surface area contributed by atoms with E-state index in [1.807, 2.05) is 6.07 Å². The standard InChI is InChI=1S/C34H30N4O7/c1-44-28-14-12-25(27-13-11-24(45-27)19-36-32(41)21-7-9-23(39)10-8-21)30-29(28)26(20-35-30)31(40)34(43)38-17-15-37(16-18-38)33(42)22-5-3-2-4-6-22/h2-14,20,35,39H,15-19H2,1H3,(H,36,41). The van der Waals surface area contributed by atoms with E-state index in [1.54, 1.807) is 53.4 Å². The predicted molar refractivity (Wildman–Crippen MR) is 165 cm³/mol. The number of nitrogens with one attached hydrogen (secondary N) is 2. The van der Waals surface area contributed by atoms with Gasteiger partial charge in [0.15, 0.2) is 0 Å². The number of hydrogen-bond donors (Lipinski definition) is 3. The van der Waals surface area contributed by atoms with Crippen molar-refractivity contribution in [2.75, 3.05) is 33.3 Å². The maximum Gasteiger partial charge on any atom is 0.295 e. The van der Waals surface area contributed by atoms with Crippen LogP contribution in [0.1, 0.15) is 36.8 Å². The van der Waals surface area contributed by atoms with E-state index < -0.39 is 11.7 Å². The number of methoxy groups -OCH3 is 1. The van der Waals surface area contributed by atoms with E-state index in [9.17, 15) is 24.3 Å². The maximum absolute atomic E-state index is 13.5. The van der Waals surface area contributed by atoms with Crippen LogP contribution in [0.25, 0.3) is 22.2 Å². The molecule has 11 nitrogen and oxygen atoms in total. The van der Waals surface area contributed by atoms with Crippen molar-refractivity contribution in [3.63, 3.8) is 0 Å². The van der Waals surface area contributed by atoms with Crippen LogP contribution in [0.15, 0.2) is 89.5 Å². The number of aromatic nitrogens is 1. The Balaban J connectivity index is 1.17. The van der Waals surface area contributed by atoms with Crippen molar-refractivity contribution in [2.45, 2.75) is 6.54 Å². The van der Waals surface area contributed by atoms with E-state index in [0.717, 1.165) is 0 Å². The molecule has 228 valence electrons. The molecule has 1 fully saturated rings. The highest BCUT2D eigenvalue weighted by Gasteiger charge is 2.31. The van der Waals surface area contributed by atoms with Crippen LogP contribution >= 0.6 is 0 Å². The fraction of sp³-hybridized carbons (Fsp3) is 0.176. The molecule has 1 aliphatic heterocycles. The second-order valence-corrected chi connectivity index (χ2v) is 10.5. The molecular formula is C34H30N4O7. The van der Waals surface area contributed by atoms with E-state index >= 15 is 0 Å². The molecule has 0 bridgehead atoms. The molecule has 0 spiro atoms. The number of carbonyl (C=O) groups is 4. The normalized spacial score (nSPS) is 13.1. The number of H-pyrrole nitrogens is 1. The lowest BCUT2D eigenvalue weighted by Gasteiger charge is -2.34. The Morgan fingerprint density at radius 2 is 1.58 bits per heavy atom. The largest absolute Gasteiger partial charge is 0.508 e. The van der Waals surface area contributed by atoms with Gasteiger partial charge in [0.25, 0.3) is 23.5 Å². The molecule has 5 aromatic rings. The zero-order valence-electron chi connectivity index (χ0n) is 24.4. The van der Waals surface area contributed by atoms with Crippen molar-refractivity contribution < 1.29 is 33.4 Å². The molecule has 11 heteroatoms. The van der Waals surface area contributed by atoms with Gasteiger partial charge in [-0.3, -0.25) is 19.2 Å². The van der Waals surface area contributed by atoms with Crippen molar-refractivity contribution >= 4 is 34.4 Å². The molecule has 0 atom stereocenters. The van der Waals surface area contributed by atoms with Gasteiger partial charge in [-0.15, -0.1) is 0 Å². The summed E-state index contributed by atoms with van der Waals surface area (Å²) < 4.78 is 11.6. The molecule has 1 saturated heterocycles. The van der Waals surface area contributed by atoms with Gasteiger partial charge < -0.3 is 34.4 Å². The van der Waals surface area contributed by atoms with Crippen LogP contribution in [0.5, 0.6) is 11.5 Å². The number of ketones is 1. The molecule has 0 saturated carbocycles. The number of carbonyl (C=O) groups excluding carboxylic acids is 4. The number of Topliss-reactive ketones (excluding diaryl/α,β-unsaturated/α-hetero) is 1. The van der Waals surface area contributed by atoms with Gasteiger partial charge in [0, 0.05) is 49.1 Å². The summed E-state index contributed by atoms with van der Waals surface area (Å²) in [4.78, 5) is 58.4. The summed E-state index contributed by atoms with van der Waals surface area (Å²) in [5.74, 6) is -0.285. The molecule has 45 heavy (non-hydrogen) atoms. The second-order valence-electron chi connectivity index (χ2n) is 10.5. The number of rotatable bonds is 8. The summed E-state index contributed by atoms with van der Waals surface area (Å²) >= 11 is 0. The summed E-state index contributed by atoms with van der Waals surface area (Å²) in [5, 5.41) is 12.7. The number of aromatic hydroxyl groups is 1. The number of aromatic amines is 1. The summed E-state index contributed by atoms with van der Waals surface area (Å²) in [6, 6.07) is 21.9. The summed E-state index contributed by atoms with van der Waals surface area (Å²) in [6.07, 6.45) is 1.49. The van der Waals surface area contributed by atoms with Crippen molar-refractivity contribution in [3.05, 3.63) is 108 Å². The number of piperazine rings is 1. The van der Waals surface area contributed by atoms with Crippen molar-refractivity contribution in [3.8, 4) is 22.8 Å². The first-order chi connectivity index (χ1) is 21.8. The average molecular weight is 607 g/mol. The third-order valence-electron chi connectivity index (χ3n) is 7.81. The first-order valence-corrected chi connectivity index (χ1v) is 14.4. The van der Waals surface area contributed by atoms with Crippen LogP contribution in [0, 0.1) is 0 Å². The fourth-order valence-corrected chi connectivity index (χ4v) is 5.41. The minimum atomic E-state index is -0.684. The van der Waals surface area contributed by atoms with Gasteiger partial charge in [-0.05, 0) is 60.7 Å². The molecular weight excluding hydrogens is 576 g/mol. The molecule has 3 amide bonds. The fourth-order valence-electron chi connectivity index (χ4n) is 5.41. The molecule has 3 N–H and O–H groups in total. The smallest absolute Gasteiger partial charge is 0.295 e. The number of nitrogens with zero attached hydrogens (tertiary/aromatic N) is 2. The Bertz CT molecular complexity index is 1880. The summed E-state index contributed by atoms with van der Waals surface area (Å²) in [6.45, 7) is 1.26. The number of fused-ring (bicyclic) bond motifs is 1. The molecule has 6 rings (SSSR count). The minimum absolute atomic E-state index is 0.0710. The summed E-state index contributed by atoms with van der Waals surface area (Å²) in [7, 11) is 1.49. The lowest BCUT2D eigenvalue weighted by molar-refractivity contribution is -0.127. The molecule has 0 aliphatic carbocycles.